The molecule has 0 spiro atoms. The summed E-state index contributed by atoms with van der Waals surface area (Å²) in [5.41, 5.74) is 2.46. The van der Waals surface area contributed by atoms with Crippen LogP contribution in [0.3, 0.4) is 0 Å². The number of amides is 2. The van der Waals surface area contributed by atoms with E-state index < -0.39 is 0 Å². The number of rotatable bonds is 5. The molecule has 1 aromatic heterocycles. The number of hydrogen-bond acceptors (Lipinski definition) is 6. The van der Waals surface area contributed by atoms with E-state index in [1.807, 2.05) is 29.6 Å². The lowest BCUT2D eigenvalue weighted by Crippen LogP contribution is -2.41. The van der Waals surface area contributed by atoms with Gasteiger partial charge in [0.25, 0.3) is 0 Å². The Hall–Kier alpha value is -2.29. The van der Waals surface area contributed by atoms with E-state index in [0.717, 1.165) is 30.0 Å². The molecule has 2 heterocycles. The van der Waals surface area contributed by atoms with Gasteiger partial charge in [0.1, 0.15) is 0 Å². The summed E-state index contributed by atoms with van der Waals surface area (Å²) in [6, 6.07) is 7.43. The molecule has 2 amide bonds. The molecule has 25 heavy (non-hydrogen) atoms. The first-order valence-electron chi connectivity index (χ1n) is 8.03. The molecule has 132 valence electrons. The number of hydrogen-bond donors (Lipinski definition) is 2. The van der Waals surface area contributed by atoms with Crippen LogP contribution < -0.4 is 10.6 Å². The topological polar surface area (TPSA) is 83.6 Å². The van der Waals surface area contributed by atoms with Gasteiger partial charge in [0, 0.05) is 36.6 Å². The molecule has 0 atom stereocenters. The van der Waals surface area contributed by atoms with Crippen LogP contribution >= 0.6 is 11.3 Å². The van der Waals surface area contributed by atoms with Gasteiger partial charge in [0.2, 0.25) is 11.8 Å². The Labute approximate surface area is 150 Å². The quantitative estimate of drug-likeness (QED) is 0.852. The van der Waals surface area contributed by atoms with Crippen LogP contribution in [0.2, 0.25) is 0 Å². The highest BCUT2D eigenvalue weighted by Gasteiger charge is 2.15. The summed E-state index contributed by atoms with van der Waals surface area (Å²) in [5.74, 6) is -0.171. The fraction of sp³-hybridized carbons (Fsp3) is 0.353. The predicted molar refractivity (Wildman–Crippen MR) is 97.7 cm³/mol. The van der Waals surface area contributed by atoms with Crippen LogP contribution in [0.15, 0.2) is 29.6 Å². The lowest BCUT2D eigenvalue weighted by atomic mass is 10.1. The molecule has 0 unspecified atom stereocenters. The van der Waals surface area contributed by atoms with Gasteiger partial charge in [-0.2, -0.15) is 0 Å². The number of benzene rings is 1. The summed E-state index contributed by atoms with van der Waals surface area (Å²) in [4.78, 5) is 29.7. The van der Waals surface area contributed by atoms with Crippen molar-refractivity contribution in [1.82, 2.24) is 9.88 Å². The van der Waals surface area contributed by atoms with Crippen molar-refractivity contribution >= 4 is 34.0 Å². The first-order valence-corrected chi connectivity index (χ1v) is 8.91. The van der Waals surface area contributed by atoms with Crippen molar-refractivity contribution in [2.24, 2.45) is 0 Å². The van der Waals surface area contributed by atoms with Gasteiger partial charge in [-0.3, -0.25) is 14.5 Å². The Morgan fingerprint density at radius 1 is 1.20 bits per heavy atom. The van der Waals surface area contributed by atoms with Gasteiger partial charge >= 0.3 is 0 Å². The third-order valence-corrected chi connectivity index (χ3v) is 4.48. The molecule has 2 N–H and O–H groups in total. The van der Waals surface area contributed by atoms with Gasteiger partial charge in [-0.25, -0.2) is 4.98 Å². The summed E-state index contributed by atoms with van der Waals surface area (Å²) >= 11 is 1.39. The molecule has 1 aliphatic heterocycles. The normalized spacial score (nSPS) is 14.9. The molecule has 0 radical (unpaired) electrons. The number of ether oxygens (including phenoxy) is 1. The minimum Gasteiger partial charge on any atom is -0.379 e. The highest BCUT2D eigenvalue weighted by molar-refractivity contribution is 7.14. The average Bonchev–Trinajstić information content (AvgIpc) is 3.04. The molecule has 1 saturated heterocycles. The third kappa shape index (κ3) is 5.09. The van der Waals surface area contributed by atoms with Gasteiger partial charge in [0.05, 0.1) is 25.5 Å². The van der Waals surface area contributed by atoms with Crippen LogP contribution in [0, 0.1) is 0 Å². The molecular weight excluding hydrogens is 340 g/mol. The smallest absolute Gasteiger partial charge is 0.240 e. The van der Waals surface area contributed by atoms with E-state index in [-0.39, 0.29) is 11.8 Å². The highest BCUT2D eigenvalue weighted by atomic mass is 32.1. The average molecular weight is 360 g/mol. The van der Waals surface area contributed by atoms with Crippen molar-refractivity contribution in [3.8, 4) is 11.3 Å². The molecule has 1 fully saturated rings. The van der Waals surface area contributed by atoms with Gasteiger partial charge in [-0.15, -0.1) is 11.3 Å². The first-order chi connectivity index (χ1) is 12.1. The van der Waals surface area contributed by atoms with E-state index in [1.54, 1.807) is 0 Å². The molecule has 3 rings (SSSR count). The van der Waals surface area contributed by atoms with Crippen molar-refractivity contribution in [3.05, 3.63) is 29.6 Å². The van der Waals surface area contributed by atoms with Crippen LogP contribution in [0.25, 0.3) is 11.3 Å². The fourth-order valence-corrected chi connectivity index (χ4v) is 3.25. The zero-order valence-corrected chi connectivity index (χ0v) is 14.8. The number of nitrogens with one attached hydrogen (secondary N) is 2. The van der Waals surface area contributed by atoms with Crippen LogP contribution in [-0.2, 0) is 14.3 Å². The maximum absolute atomic E-state index is 12.1. The van der Waals surface area contributed by atoms with E-state index in [9.17, 15) is 9.59 Å². The molecule has 2 aromatic rings. The maximum Gasteiger partial charge on any atom is 0.240 e. The molecule has 1 aliphatic rings. The second-order valence-corrected chi connectivity index (χ2v) is 6.59. The largest absolute Gasteiger partial charge is 0.379 e. The Morgan fingerprint density at radius 3 is 2.60 bits per heavy atom. The Balaban J connectivity index is 1.58. The minimum absolute atomic E-state index is 0.0659. The maximum atomic E-state index is 12.1. The number of anilines is 2. The number of carbonyl (C=O) groups excluding carboxylic acids is 2. The van der Waals surface area contributed by atoms with E-state index >= 15 is 0 Å². The van der Waals surface area contributed by atoms with E-state index in [1.165, 1.54) is 18.3 Å². The highest BCUT2D eigenvalue weighted by Crippen LogP contribution is 2.26. The number of carbonyl (C=O) groups is 2. The fourth-order valence-electron chi connectivity index (χ4n) is 2.51. The third-order valence-electron chi connectivity index (χ3n) is 3.72. The summed E-state index contributed by atoms with van der Waals surface area (Å²) in [7, 11) is 0. The van der Waals surface area contributed by atoms with Crippen LogP contribution in [0.4, 0.5) is 10.8 Å². The SMILES string of the molecule is CC(=O)Nc1ccc(-c2csc(NC(=O)CN3CCOCC3)n2)cc1. The predicted octanol–water partition coefficient (Wildman–Crippen LogP) is 2.04. The monoisotopic (exact) mass is 360 g/mol. The van der Waals surface area contributed by atoms with Crippen molar-refractivity contribution in [2.75, 3.05) is 43.5 Å². The van der Waals surface area contributed by atoms with Crippen molar-refractivity contribution < 1.29 is 14.3 Å². The van der Waals surface area contributed by atoms with Crippen molar-refractivity contribution in [1.29, 1.82) is 0 Å². The molecule has 1 aromatic carbocycles. The summed E-state index contributed by atoms with van der Waals surface area (Å²) in [5, 5.41) is 8.06. The zero-order chi connectivity index (χ0) is 17.6. The molecule has 0 bridgehead atoms. The van der Waals surface area contributed by atoms with E-state index in [0.29, 0.717) is 24.9 Å². The second kappa shape index (κ2) is 8.19. The second-order valence-electron chi connectivity index (χ2n) is 5.73. The van der Waals surface area contributed by atoms with Gasteiger partial charge in [-0.05, 0) is 12.1 Å². The molecule has 8 heteroatoms. The Morgan fingerprint density at radius 2 is 1.92 bits per heavy atom. The van der Waals surface area contributed by atoms with Gasteiger partial charge in [0.15, 0.2) is 5.13 Å². The van der Waals surface area contributed by atoms with Crippen molar-refractivity contribution in [2.45, 2.75) is 6.92 Å². The summed E-state index contributed by atoms with van der Waals surface area (Å²) < 4.78 is 5.27. The molecule has 7 nitrogen and oxygen atoms in total. The zero-order valence-electron chi connectivity index (χ0n) is 13.9. The number of aromatic nitrogens is 1. The van der Waals surface area contributed by atoms with Crippen LogP contribution in [0.5, 0.6) is 0 Å². The Bertz CT molecular complexity index is 739. The number of nitrogens with zero attached hydrogens (tertiary/aromatic N) is 2. The number of thiazole rings is 1. The van der Waals surface area contributed by atoms with Crippen LogP contribution in [0.1, 0.15) is 6.92 Å². The van der Waals surface area contributed by atoms with E-state index in [2.05, 4.69) is 20.5 Å². The Kier molecular flexibility index (Phi) is 5.75. The number of morpholine rings is 1. The van der Waals surface area contributed by atoms with E-state index in [4.69, 9.17) is 4.74 Å². The summed E-state index contributed by atoms with van der Waals surface area (Å²) in [6.45, 7) is 4.71. The summed E-state index contributed by atoms with van der Waals surface area (Å²) in [6.07, 6.45) is 0. The van der Waals surface area contributed by atoms with Crippen LogP contribution in [-0.4, -0.2) is 54.5 Å². The van der Waals surface area contributed by atoms with Gasteiger partial charge in [-0.1, -0.05) is 12.1 Å². The molecule has 0 aliphatic carbocycles. The first kappa shape index (κ1) is 17.5. The lowest BCUT2D eigenvalue weighted by Gasteiger charge is -2.25. The minimum atomic E-state index is -0.105. The molecular formula is C17H20N4O3S. The van der Waals surface area contributed by atoms with Crippen molar-refractivity contribution in [3.63, 3.8) is 0 Å². The molecule has 0 saturated carbocycles. The lowest BCUT2D eigenvalue weighted by molar-refractivity contribution is -0.118. The standard InChI is InChI=1S/C17H20N4O3S/c1-12(22)18-14-4-2-13(3-5-14)15-11-25-17(19-15)20-16(23)10-21-6-8-24-9-7-21/h2-5,11H,6-10H2,1H3,(H,18,22)(H,19,20,23). The van der Waals surface area contributed by atoms with Gasteiger partial charge < -0.3 is 15.4 Å².